The van der Waals surface area contributed by atoms with Crippen LogP contribution >= 0.6 is 0 Å². The zero-order valence-electron chi connectivity index (χ0n) is 20.1. The first kappa shape index (κ1) is 23.5. The molecule has 0 radical (unpaired) electrons. The van der Waals surface area contributed by atoms with E-state index in [0.29, 0.717) is 29.0 Å². The lowest BCUT2D eigenvalue weighted by Gasteiger charge is -2.37. The van der Waals surface area contributed by atoms with Crippen LogP contribution < -0.4 is 4.74 Å². The number of methoxy groups -OCH3 is 1. The Kier molecular flexibility index (Phi) is 6.54. The summed E-state index contributed by atoms with van der Waals surface area (Å²) in [5.41, 5.74) is 3.06. The van der Waals surface area contributed by atoms with Crippen LogP contribution in [-0.2, 0) is 14.3 Å². The molecule has 3 atom stereocenters. The number of ketones is 1. The van der Waals surface area contributed by atoms with E-state index in [2.05, 4.69) is 0 Å². The number of allylic oxidation sites excluding steroid dienone is 2. The van der Waals surface area contributed by atoms with Crippen LogP contribution in [0.3, 0.4) is 0 Å². The van der Waals surface area contributed by atoms with Gasteiger partial charge in [0.15, 0.2) is 5.78 Å². The maximum atomic E-state index is 15.1. The van der Waals surface area contributed by atoms with Crippen molar-refractivity contribution in [2.24, 2.45) is 10.9 Å². The second-order valence-corrected chi connectivity index (χ2v) is 9.74. The molecule has 182 valence electrons. The molecule has 0 saturated heterocycles. The minimum Gasteiger partial charge on any atom is -0.497 e. The molecule has 2 aromatic carbocycles. The highest BCUT2D eigenvalue weighted by atomic mass is 19.1. The van der Waals surface area contributed by atoms with Crippen molar-refractivity contribution in [3.8, 4) is 5.75 Å². The molecule has 2 aliphatic carbocycles. The van der Waals surface area contributed by atoms with Gasteiger partial charge in [-0.05, 0) is 74.3 Å². The smallest absolute Gasteiger partial charge is 0.315 e. The zero-order chi connectivity index (χ0) is 24.5. The highest BCUT2D eigenvalue weighted by molar-refractivity contribution is 6.09. The number of hydrogen-bond donors (Lipinski definition) is 0. The first-order valence-electron chi connectivity index (χ1n) is 12.4. The fourth-order valence-electron chi connectivity index (χ4n) is 5.78. The van der Waals surface area contributed by atoms with Crippen molar-refractivity contribution in [3.05, 3.63) is 76.7 Å². The summed E-state index contributed by atoms with van der Waals surface area (Å²) in [7, 11) is 1.62. The van der Waals surface area contributed by atoms with Crippen molar-refractivity contribution in [1.29, 1.82) is 0 Å². The van der Waals surface area contributed by atoms with E-state index in [1.165, 1.54) is 6.07 Å². The lowest BCUT2D eigenvalue weighted by Crippen LogP contribution is -2.39. The third-order valence-corrected chi connectivity index (χ3v) is 7.56. The maximum absolute atomic E-state index is 15.1. The predicted molar refractivity (Wildman–Crippen MR) is 131 cm³/mol. The molecule has 1 fully saturated rings. The fraction of sp³-hybridized carbons (Fsp3) is 0.414. The number of esters is 1. The second kappa shape index (κ2) is 9.76. The molecule has 6 heteroatoms. The van der Waals surface area contributed by atoms with Gasteiger partial charge in [-0.15, -0.1) is 0 Å². The minimum atomic E-state index is -0.812. The summed E-state index contributed by atoms with van der Waals surface area (Å²) in [6.07, 6.45) is 4.48. The average Bonchev–Trinajstić information content (AvgIpc) is 3.36. The molecular weight excluding hydrogens is 445 g/mol. The molecule has 0 amide bonds. The summed E-state index contributed by atoms with van der Waals surface area (Å²) in [4.78, 5) is 31.8. The third-order valence-electron chi connectivity index (χ3n) is 7.56. The maximum Gasteiger partial charge on any atom is 0.315 e. The van der Waals surface area contributed by atoms with Crippen molar-refractivity contribution in [3.63, 3.8) is 0 Å². The standard InChI is InChI=1S/C29H30FNO4/c1-17-26(29(33)35-21-7-3-4-8-21)27(22-9-5-6-10-23(22)30)28-24(31-17)15-19(16-25(28)32)18-11-13-20(34-2)14-12-18/h5-6,9-14,19,21,26-27H,3-4,7-8,15-16H2,1-2H3/t19-,26?,27-/m0/s1. The average molecular weight is 476 g/mol. The Hall–Kier alpha value is -3.28. The normalized spacial score (nSPS) is 24.7. The molecule has 0 N–H and O–H groups in total. The van der Waals surface area contributed by atoms with Crippen molar-refractivity contribution in [2.75, 3.05) is 7.11 Å². The SMILES string of the molecule is COc1ccc([C@@H]2CC(=O)C3=C(C2)N=C(C)C(C(=O)OC2CCCC2)[C@@H]3c2ccccc2F)cc1. The van der Waals surface area contributed by atoms with Gasteiger partial charge in [-0.3, -0.25) is 14.6 Å². The van der Waals surface area contributed by atoms with E-state index < -0.39 is 23.6 Å². The molecule has 0 spiro atoms. The summed E-state index contributed by atoms with van der Waals surface area (Å²) in [6, 6.07) is 14.1. The van der Waals surface area contributed by atoms with Crippen LogP contribution in [0.5, 0.6) is 5.75 Å². The molecule has 35 heavy (non-hydrogen) atoms. The zero-order valence-corrected chi connectivity index (χ0v) is 20.1. The number of hydrogen-bond acceptors (Lipinski definition) is 5. The number of rotatable bonds is 5. The Morgan fingerprint density at radius 1 is 1.03 bits per heavy atom. The molecule has 1 aliphatic heterocycles. The van der Waals surface area contributed by atoms with Crippen LogP contribution in [0.25, 0.3) is 0 Å². The molecule has 5 rings (SSSR count). The Morgan fingerprint density at radius 2 is 1.74 bits per heavy atom. The van der Waals surface area contributed by atoms with Gasteiger partial charge in [-0.1, -0.05) is 30.3 Å². The highest BCUT2D eigenvalue weighted by Gasteiger charge is 2.46. The van der Waals surface area contributed by atoms with Gasteiger partial charge < -0.3 is 9.47 Å². The molecule has 0 aromatic heterocycles. The summed E-state index contributed by atoms with van der Waals surface area (Å²) < 4.78 is 26.2. The molecule has 2 aromatic rings. The van der Waals surface area contributed by atoms with Crippen molar-refractivity contribution >= 4 is 17.5 Å². The van der Waals surface area contributed by atoms with Crippen molar-refractivity contribution in [1.82, 2.24) is 0 Å². The molecule has 1 heterocycles. The van der Waals surface area contributed by atoms with E-state index in [4.69, 9.17) is 14.5 Å². The van der Waals surface area contributed by atoms with E-state index in [9.17, 15) is 9.59 Å². The van der Waals surface area contributed by atoms with Crippen LogP contribution in [-0.4, -0.2) is 30.7 Å². The molecule has 5 nitrogen and oxygen atoms in total. The Bertz CT molecular complexity index is 1190. The Labute approximate surface area is 205 Å². The molecule has 1 saturated carbocycles. The van der Waals surface area contributed by atoms with Gasteiger partial charge in [0.25, 0.3) is 0 Å². The first-order chi connectivity index (χ1) is 17.0. The lowest BCUT2D eigenvalue weighted by atomic mass is 9.69. The van der Waals surface area contributed by atoms with E-state index in [1.54, 1.807) is 32.2 Å². The number of nitrogens with zero attached hydrogens (tertiary/aromatic N) is 1. The summed E-state index contributed by atoms with van der Waals surface area (Å²) in [6.45, 7) is 1.79. The van der Waals surface area contributed by atoms with Crippen LogP contribution in [0.1, 0.15) is 68.4 Å². The number of carbonyl (C=O) groups excluding carboxylic acids is 2. The van der Waals surface area contributed by atoms with Gasteiger partial charge >= 0.3 is 5.97 Å². The number of benzene rings is 2. The molecular formula is C29H30FNO4. The second-order valence-electron chi connectivity index (χ2n) is 9.74. The van der Waals surface area contributed by atoms with Crippen LogP contribution in [0.4, 0.5) is 4.39 Å². The van der Waals surface area contributed by atoms with Gasteiger partial charge in [0.05, 0.1) is 7.11 Å². The monoisotopic (exact) mass is 475 g/mol. The van der Waals surface area contributed by atoms with Gasteiger partial charge in [0.2, 0.25) is 0 Å². The van der Waals surface area contributed by atoms with Gasteiger partial charge in [-0.2, -0.15) is 0 Å². The molecule has 3 aliphatic rings. The van der Waals surface area contributed by atoms with E-state index >= 15 is 4.39 Å². The Morgan fingerprint density at radius 3 is 2.43 bits per heavy atom. The number of Topliss-reactive ketones (excluding diaryl/α,β-unsaturated/α-hetero) is 1. The largest absolute Gasteiger partial charge is 0.497 e. The lowest BCUT2D eigenvalue weighted by molar-refractivity contribution is -0.151. The predicted octanol–water partition coefficient (Wildman–Crippen LogP) is 5.90. The third kappa shape index (κ3) is 4.54. The summed E-state index contributed by atoms with van der Waals surface area (Å²) in [5, 5.41) is 0. The van der Waals surface area contributed by atoms with Crippen LogP contribution in [0, 0.1) is 11.7 Å². The van der Waals surface area contributed by atoms with Crippen molar-refractivity contribution in [2.45, 2.75) is 63.4 Å². The van der Waals surface area contributed by atoms with E-state index in [-0.39, 0.29) is 24.2 Å². The molecule has 1 unspecified atom stereocenters. The summed E-state index contributed by atoms with van der Waals surface area (Å²) in [5.74, 6) is -1.76. The van der Waals surface area contributed by atoms with Crippen LogP contribution in [0.15, 0.2) is 64.8 Å². The topological polar surface area (TPSA) is 65.0 Å². The van der Waals surface area contributed by atoms with Gasteiger partial charge in [-0.25, -0.2) is 4.39 Å². The summed E-state index contributed by atoms with van der Waals surface area (Å²) >= 11 is 0. The highest BCUT2D eigenvalue weighted by Crippen LogP contribution is 2.47. The fourth-order valence-corrected chi connectivity index (χ4v) is 5.78. The number of halogens is 1. The minimum absolute atomic E-state index is 0.0352. The van der Waals surface area contributed by atoms with E-state index in [0.717, 1.165) is 37.0 Å². The van der Waals surface area contributed by atoms with E-state index in [1.807, 2.05) is 24.3 Å². The quantitative estimate of drug-likeness (QED) is 0.506. The van der Waals surface area contributed by atoms with Gasteiger partial charge in [0.1, 0.15) is 23.6 Å². The first-order valence-corrected chi connectivity index (χ1v) is 12.4. The Balaban J connectivity index is 1.53. The number of ether oxygens (including phenoxy) is 2. The van der Waals surface area contributed by atoms with Crippen LogP contribution in [0.2, 0.25) is 0 Å². The number of carbonyl (C=O) groups is 2. The number of aliphatic imine (C=N–C) groups is 1. The molecule has 0 bridgehead atoms. The van der Waals surface area contributed by atoms with Gasteiger partial charge in [0, 0.05) is 29.3 Å². The van der Waals surface area contributed by atoms with Crippen molar-refractivity contribution < 1.29 is 23.5 Å².